The van der Waals surface area contributed by atoms with E-state index < -0.39 is 0 Å². The van der Waals surface area contributed by atoms with Crippen molar-refractivity contribution in [3.63, 3.8) is 0 Å². The van der Waals surface area contributed by atoms with E-state index >= 15 is 0 Å². The molecular formula is C36H22BrN3. The average Bonchev–Trinajstić information content (AvgIpc) is 3.38. The van der Waals surface area contributed by atoms with E-state index in [4.69, 9.17) is 15.5 Å². The monoisotopic (exact) mass is 579 g/mol. The summed E-state index contributed by atoms with van der Waals surface area (Å²) in [5.74, 6) is 0.154. The fourth-order valence-electron chi connectivity index (χ4n) is 5.53. The van der Waals surface area contributed by atoms with Crippen molar-refractivity contribution in [2.75, 3.05) is 0 Å². The molecule has 0 saturated heterocycles. The molecule has 0 N–H and O–H groups in total. The van der Waals surface area contributed by atoms with Crippen LogP contribution in [-0.2, 0) is 0 Å². The van der Waals surface area contributed by atoms with Crippen LogP contribution in [0.3, 0.4) is 0 Å². The third-order valence-electron chi connectivity index (χ3n) is 7.34. The molecule has 0 spiro atoms. The lowest BCUT2D eigenvalue weighted by Crippen LogP contribution is -1.95. The van der Waals surface area contributed by atoms with Crippen LogP contribution in [0.1, 0.15) is 5.48 Å². The number of hydrogen-bond donors (Lipinski definition) is 0. The van der Waals surface area contributed by atoms with E-state index in [1.807, 2.05) is 42.5 Å². The Kier molecular flexibility index (Phi) is 4.41. The summed E-state index contributed by atoms with van der Waals surface area (Å²) in [4.78, 5) is 9.66. The zero-order valence-corrected chi connectivity index (χ0v) is 22.7. The molecule has 0 bridgehead atoms. The Morgan fingerprint density at radius 3 is 2.10 bits per heavy atom. The highest BCUT2D eigenvalue weighted by Gasteiger charge is 2.17. The van der Waals surface area contributed by atoms with E-state index in [1.165, 1.54) is 5.39 Å². The van der Waals surface area contributed by atoms with Crippen molar-refractivity contribution in [3.8, 4) is 28.3 Å². The van der Waals surface area contributed by atoms with Crippen molar-refractivity contribution >= 4 is 59.4 Å². The van der Waals surface area contributed by atoms with Gasteiger partial charge in [0.25, 0.3) is 0 Å². The first-order valence-corrected chi connectivity index (χ1v) is 13.8. The lowest BCUT2D eigenvalue weighted by atomic mass is 10.0. The largest absolute Gasteiger partial charge is 0.309 e. The van der Waals surface area contributed by atoms with Gasteiger partial charge in [-0.3, -0.25) is 0 Å². The van der Waals surface area contributed by atoms with Crippen LogP contribution in [0.2, 0.25) is 0 Å². The van der Waals surface area contributed by atoms with Gasteiger partial charge >= 0.3 is 0 Å². The van der Waals surface area contributed by atoms with E-state index in [0.29, 0.717) is 11.2 Å². The Bertz CT molecular complexity index is 2430. The lowest BCUT2D eigenvalue weighted by Gasteiger charge is -2.11. The van der Waals surface area contributed by atoms with Gasteiger partial charge < -0.3 is 4.57 Å². The molecule has 40 heavy (non-hydrogen) atoms. The fraction of sp³-hybridized carbons (Fsp3) is 0. The van der Waals surface area contributed by atoms with Gasteiger partial charge in [0.2, 0.25) is 0 Å². The number of para-hydroxylation sites is 2. The van der Waals surface area contributed by atoms with Crippen LogP contribution in [0.15, 0.2) is 138 Å². The van der Waals surface area contributed by atoms with Crippen LogP contribution >= 0.6 is 15.9 Å². The number of benzene rings is 6. The van der Waals surface area contributed by atoms with Crippen LogP contribution in [0.4, 0.5) is 0 Å². The van der Waals surface area contributed by atoms with Gasteiger partial charge in [-0.1, -0.05) is 94.7 Å². The van der Waals surface area contributed by atoms with E-state index in [2.05, 4.69) is 87.2 Å². The highest BCUT2D eigenvalue weighted by atomic mass is 79.9. The number of rotatable bonds is 3. The van der Waals surface area contributed by atoms with Crippen LogP contribution in [0.25, 0.3) is 71.8 Å². The molecule has 0 aliphatic rings. The molecule has 4 heteroatoms. The molecule has 0 fully saturated rings. The molecular weight excluding hydrogens is 554 g/mol. The summed E-state index contributed by atoms with van der Waals surface area (Å²) >= 11 is 3.20. The van der Waals surface area contributed by atoms with Crippen molar-refractivity contribution in [1.29, 1.82) is 0 Å². The first kappa shape index (κ1) is 19.3. The van der Waals surface area contributed by atoms with Crippen LogP contribution in [0.5, 0.6) is 0 Å². The topological polar surface area (TPSA) is 30.7 Å². The molecule has 0 atom stereocenters. The van der Waals surface area contributed by atoms with E-state index in [-0.39, 0.29) is 40.0 Å². The van der Waals surface area contributed by atoms with Gasteiger partial charge in [-0.05, 0) is 65.3 Å². The first-order chi connectivity index (χ1) is 21.4. The Morgan fingerprint density at radius 2 is 1.27 bits per heavy atom. The maximum absolute atomic E-state index is 8.64. The molecule has 3 nitrogen and oxygen atoms in total. The molecule has 2 aromatic heterocycles. The minimum atomic E-state index is -0.188. The van der Waals surface area contributed by atoms with Gasteiger partial charge in [-0.15, -0.1) is 0 Å². The van der Waals surface area contributed by atoms with Gasteiger partial charge in [0.15, 0.2) is 5.82 Å². The zero-order chi connectivity index (χ0) is 30.1. The fourth-order valence-corrected chi connectivity index (χ4v) is 5.72. The molecule has 0 aliphatic heterocycles. The Morgan fingerprint density at radius 1 is 0.575 bits per heavy atom. The molecule has 188 valence electrons. The number of hydrogen-bond acceptors (Lipinski definition) is 2. The molecule has 6 aromatic carbocycles. The van der Waals surface area contributed by atoms with Crippen molar-refractivity contribution < 1.29 is 5.48 Å². The molecule has 0 radical (unpaired) electrons. The van der Waals surface area contributed by atoms with E-state index in [9.17, 15) is 0 Å². The van der Waals surface area contributed by atoms with Gasteiger partial charge in [0.1, 0.15) is 0 Å². The second-order valence-corrected chi connectivity index (χ2v) is 10.5. The van der Waals surface area contributed by atoms with Crippen LogP contribution < -0.4 is 0 Å². The summed E-state index contributed by atoms with van der Waals surface area (Å²) in [5, 5.41) is 5.35. The minimum Gasteiger partial charge on any atom is -0.309 e. The van der Waals surface area contributed by atoms with E-state index in [1.54, 1.807) is 0 Å². The third kappa shape index (κ3) is 3.72. The average molecular weight is 581 g/mol. The molecule has 8 rings (SSSR count). The summed E-state index contributed by atoms with van der Waals surface area (Å²) in [6, 6.07) is 36.5. The van der Waals surface area contributed by atoms with Crippen molar-refractivity contribution in [2.24, 2.45) is 0 Å². The summed E-state index contributed by atoms with van der Waals surface area (Å²) in [6.07, 6.45) is 0. The molecule has 2 heterocycles. The Hall–Kier alpha value is -4.80. The summed E-state index contributed by atoms with van der Waals surface area (Å²) < 4.78 is 36.4. The van der Waals surface area contributed by atoms with Gasteiger partial charge in [-0.2, -0.15) is 0 Å². The summed E-state index contributed by atoms with van der Waals surface area (Å²) in [6.45, 7) is 0. The molecule has 0 aliphatic carbocycles. The highest BCUT2D eigenvalue weighted by molar-refractivity contribution is 9.10. The van der Waals surface area contributed by atoms with Crippen LogP contribution in [0, 0.1) is 0 Å². The molecule has 0 saturated carbocycles. The number of nitrogens with zero attached hydrogens (tertiary/aromatic N) is 3. The Labute approximate surface area is 245 Å². The van der Waals surface area contributed by atoms with E-state index in [0.717, 1.165) is 43.8 Å². The second kappa shape index (κ2) is 9.15. The molecule has 0 amide bonds. The third-order valence-corrected chi connectivity index (χ3v) is 7.74. The minimum absolute atomic E-state index is 0.0726. The van der Waals surface area contributed by atoms with Gasteiger partial charge in [0.05, 0.1) is 27.7 Å². The van der Waals surface area contributed by atoms with Gasteiger partial charge in [0, 0.05) is 37.4 Å². The van der Waals surface area contributed by atoms with Gasteiger partial charge in [-0.25, -0.2) is 9.97 Å². The number of fused-ring (bicyclic) bond motifs is 5. The number of aromatic nitrogens is 3. The number of halogens is 1. The summed E-state index contributed by atoms with van der Waals surface area (Å²) in [7, 11) is 0. The van der Waals surface area contributed by atoms with Crippen molar-refractivity contribution in [2.45, 2.75) is 0 Å². The van der Waals surface area contributed by atoms with Crippen LogP contribution in [-0.4, -0.2) is 14.5 Å². The molecule has 0 unspecified atom stereocenters. The Balaban J connectivity index is 1.44. The van der Waals surface area contributed by atoms with Crippen molar-refractivity contribution in [3.05, 3.63) is 138 Å². The molecule has 8 aromatic rings. The summed E-state index contributed by atoms with van der Waals surface area (Å²) in [5.41, 5.74) is 5.50. The maximum atomic E-state index is 8.64. The standard InChI is InChI=1S/C36H22BrN3/c37-27-17-14-23(15-18-27)36-38-32-13-7-6-12-29(32)35(39-36)26-16-19-33-30(21-26)31-20-24-8-4-5-9-25(24)22-34(31)40(33)28-10-2-1-3-11-28/h1-22H/i14D,15D,17D,18D. The lowest BCUT2D eigenvalue weighted by molar-refractivity contribution is 1.18. The predicted octanol–water partition coefficient (Wildman–Crippen LogP) is 9.98. The highest BCUT2D eigenvalue weighted by Crippen LogP contribution is 2.38. The quantitative estimate of drug-likeness (QED) is 0.208. The first-order valence-electron chi connectivity index (χ1n) is 15.0. The normalized spacial score (nSPS) is 13.0. The predicted molar refractivity (Wildman–Crippen MR) is 170 cm³/mol. The smallest absolute Gasteiger partial charge is 0.160 e. The zero-order valence-electron chi connectivity index (χ0n) is 25.1. The SMILES string of the molecule is [2H]c1c([2H])c(-c2nc(-c3ccc4c(c3)c3cc5ccccc5cc3n4-c3ccccc3)c3ccccc3n2)c([2H])c([2H])c1Br. The maximum Gasteiger partial charge on any atom is 0.160 e. The second-order valence-electron chi connectivity index (χ2n) is 9.72. The van der Waals surface area contributed by atoms with Crippen molar-refractivity contribution in [1.82, 2.24) is 14.5 Å².